The molecule has 0 aliphatic carbocycles. The molecule has 2 heterocycles. The van der Waals surface area contributed by atoms with E-state index in [0.717, 1.165) is 16.7 Å². The summed E-state index contributed by atoms with van der Waals surface area (Å²) < 4.78 is 1.56. The maximum atomic E-state index is 12.6. The minimum Gasteiger partial charge on any atom is -0.333 e. The van der Waals surface area contributed by atoms with Crippen molar-refractivity contribution in [3.05, 3.63) is 76.5 Å². The number of carbonyl (C=O) groups is 1. The quantitative estimate of drug-likeness (QED) is 0.737. The number of nitrogens with one attached hydrogen (secondary N) is 1. The molecule has 4 rings (SSSR count). The zero-order chi connectivity index (χ0) is 18.8. The van der Waals surface area contributed by atoms with Gasteiger partial charge in [0.15, 0.2) is 5.82 Å². The summed E-state index contributed by atoms with van der Waals surface area (Å²) in [5, 5.41) is 6.38. The van der Waals surface area contributed by atoms with Crippen LogP contribution in [0, 0.1) is 0 Å². The third-order valence-electron chi connectivity index (χ3n) is 4.96. The fraction of sp³-hybridized carbons (Fsp3) is 0.250. The summed E-state index contributed by atoms with van der Waals surface area (Å²) in [5.41, 5.74) is 9.23. The number of nitrogens with two attached hydrogens (primary N) is 1. The van der Waals surface area contributed by atoms with Gasteiger partial charge in [-0.15, -0.1) is 0 Å². The van der Waals surface area contributed by atoms with E-state index < -0.39 is 0 Å². The SMILES string of the molecule is N[C@H](CC(=O)N1CCn2c(n[nH]c2=O)C1)c1ccc(-c2ccccc2)cc1. The Bertz CT molecular complexity index is 991. The van der Waals surface area contributed by atoms with Crippen LogP contribution in [0.4, 0.5) is 0 Å². The number of hydrogen-bond acceptors (Lipinski definition) is 4. The molecule has 138 valence electrons. The van der Waals surface area contributed by atoms with E-state index in [2.05, 4.69) is 22.3 Å². The van der Waals surface area contributed by atoms with Gasteiger partial charge in [-0.3, -0.25) is 9.36 Å². The number of rotatable bonds is 4. The van der Waals surface area contributed by atoms with Gasteiger partial charge < -0.3 is 10.6 Å². The van der Waals surface area contributed by atoms with Crippen LogP contribution in [0.1, 0.15) is 23.9 Å². The van der Waals surface area contributed by atoms with Gasteiger partial charge in [-0.25, -0.2) is 9.89 Å². The summed E-state index contributed by atoms with van der Waals surface area (Å²) in [6, 6.07) is 17.7. The van der Waals surface area contributed by atoms with Crippen LogP contribution in [0.5, 0.6) is 0 Å². The molecule has 0 fully saturated rings. The van der Waals surface area contributed by atoms with Gasteiger partial charge in [0.25, 0.3) is 0 Å². The first kappa shape index (κ1) is 17.2. The maximum Gasteiger partial charge on any atom is 0.343 e. The molecule has 1 aliphatic heterocycles. The Kier molecular flexibility index (Phi) is 4.60. The molecule has 0 radical (unpaired) electrons. The van der Waals surface area contributed by atoms with Crippen molar-refractivity contribution in [3.63, 3.8) is 0 Å². The molecule has 7 heteroatoms. The summed E-state index contributed by atoms with van der Waals surface area (Å²) in [5.74, 6) is 0.553. The van der Waals surface area contributed by atoms with Crippen molar-refractivity contribution >= 4 is 5.91 Å². The molecular formula is C20H21N5O2. The van der Waals surface area contributed by atoms with Gasteiger partial charge in [0.05, 0.1) is 6.54 Å². The lowest BCUT2D eigenvalue weighted by molar-refractivity contribution is -0.133. The molecule has 3 aromatic rings. The number of fused-ring (bicyclic) bond motifs is 1. The van der Waals surface area contributed by atoms with E-state index in [1.54, 1.807) is 9.47 Å². The van der Waals surface area contributed by atoms with Crippen molar-refractivity contribution in [3.8, 4) is 11.1 Å². The average molecular weight is 363 g/mol. The van der Waals surface area contributed by atoms with Crippen LogP contribution in [0.3, 0.4) is 0 Å². The molecule has 0 unspecified atom stereocenters. The Labute approximate surface area is 156 Å². The highest BCUT2D eigenvalue weighted by molar-refractivity contribution is 5.77. The van der Waals surface area contributed by atoms with E-state index in [0.29, 0.717) is 25.5 Å². The summed E-state index contributed by atoms with van der Waals surface area (Å²) in [7, 11) is 0. The molecule has 0 saturated heterocycles. The Balaban J connectivity index is 1.41. The number of carbonyl (C=O) groups excluding carboxylic acids is 1. The van der Waals surface area contributed by atoms with E-state index >= 15 is 0 Å². The summed E-state index contributed by atoms with van der Waals surface area (Å²) in [6.45, 7) is 1.28. The number of aromatic nitrogens is 3. The van der Waals surface area contributed by atoms with Gasteiger partial charge in [-0.1, -0.05) is 54.6 Å². The first-order valence-electron chi connectivity index (χ1n) is 8.94. The van der Waals surface area contributed by atoms with Crippen LogP contribution in [-0.4, -0.2) is 32.1 Å². The fourth-order valence-electron chi connectivity index (χ4n) is 3.37. The van der Waals surface area contributed by atoms with Crippen LogP contribution in [-0.2, 0) is 17.9 Å². The van der Waals surface area contributed by atoms with Crippen LogP contribution in [0.2, 0.25) is 0 Å². The van der Waals surface area contributed by atoms with Crippen molar-refractivity contribution < 1.29 is 4.79 Å². The van der Waals surface area contributed by atoms with E-state index in [1.165, 1.54) is 0 Å². The molecule has 0 bridgehead atoms. The standard InChI is InChI=1S/C20H21N5O2/c21-17(16-8-6-15(7-9-16)14-4-2-1-3-5-14)12-19(26)24-10-11-25-18(13-24)22-23-20(25)27/h1-9,17H,10-13,21H2,(H,23,27)/t17-/m1/s1. The molecule has 2 aromatic carbocycles. The topological polar surface area (TPSA) is 97.0 Å². The number of hydrogen-bond donors (Lipinski definition) is 2. The second-order valence-electron chi connectivity index (χ2n) is 6.71. The molecule has 1 aromatic heterocycles. The molecule has 0 saturated carbocycles. The highest BCUT2D eigenvalue weighted by Gasteiger charge is 2.24. The first-order chi connectivity index (χ1) is 13.1. The normalized spacial score (nSPS) is 14.6. The molecule has 27 heavy (non-hydrogen) atoms. The highest BCUT2D eigenvalue weighted by Crippen LogP contribution is 2.23. The summed E-state index contributed by atoms with van der Waals surface area (Å²) in [6.07, 6.45) is 0.222. The molecular weight excluding hydrogens is 342 g/mol. The predicted octanol–water partition coefficient (Wildman–Crippen LogP) is 1.67. The van der Waals surface area contributed by atoms with E-state index in [1.807, 2.05) is 42.5 Å². The van der Waals surface area contributed by atoms with Crippen molar-refractivity contribution in [2.75, 3.05) is 6.54 Å². The average Bonchev–Trinajstić information content (AvgIpc) is 3.09. The minimum absolute atomic E-state index is 0.0312. The lowest BCUT2D eigenvalue weighted by atomic mass is 9.99. The molecule has 3 N–H and O–H groups in total. The van der Waals surface area contributed by atoms with Gasteiger partial charge in [-0.2, -0.15) is 5.10 Å². The Morgan fingerprint density at radius 1 is 1.07 bits per heavy atom. The fourth-order valence-corrected chi connectivity index (χ4v) is 3.37. The summed E-state index contributed by atoms with van der Waals surface area (Å²) in [4.78, 5) is 25.9. The number of nitrogens with zero attached hydrogens (tertiary/aromatic N) is 3. The third-order valence-corrected chi connectivity index (χ3v) is 4.96. The Hall–Kier alpha value is -3.19. The van der Waals surface area contributed by atoms with Gasteiger partial charge >= 0.3 is 5.69 Å². The molecule has 1 aliphatic rings. The first-order valence-corrected chi connectivity index (χ1v) is 8.94. The molecule has 0 spiro atoms. The summed E-state index contributed by atoms with van der Waals surface area (Å²) >= 11 is 0. The Morgan fingerprint density at radius 2 is 1.78 bits per heavy atom. The number of aromatic amines is 1. The third kappa shape index (κ3) is 3.54. The maximum absolute atomic E-state index is 12.6. The molecule has 1 atom stereocenters. The van der Waals surface area contributed by atoms with Crippen LogP contribution >= 0.6 is 0 Å². The second-order valence-corrected chi connectivity index (χ2v) is 6.71. The lowest BCUT2D eigenvalue weighted by Gasteiger charge is -2.27. The zero-order valence-corrected chi connectivity index (χ0v) is 14.8. The van der Waals surface area contributed by atoms with Crippen molar-refractivity contribution in [1.82, 2.24) is 19.7 Å². The molecule has 1 amide bonds. The highest BCUT2D eigenvalue weighted by atomic mass is 16.2. The van der Waals surface area contributed by atoms with E-state index in [9.17, 15) is 9.59 Å². The van der Waals surface area contributed by atoms with Gasteiger partial charge in [0.1, 0.15) is 0 Å². The monoisotopic (exact) mass is 363 g/mol. The van der Waals surface area contributed by atoms with Gasteiger partial charge in [-0.05, 0) is 16.7 Å². The minimum atomic E-state index is -0.370. The predicted molar refractivity (Wildman–Crippen MR) is 102 cm³/mol. The van der Waals surface area contributed by atoms with E-state index in [-0.39, 0.29) is 24.1 Å². The smallest absolute Gasteiger partial charge is 0.333 e. The van der Waals surface area contributed by atoms with Crippen LogP contribution in [0.25, 0.3) is 11.1 Å². The van der Waals surface area contributed by atoms with Crippen LogP contribution in [0.15, 0.2) is 59.4 Å². The number of H-pyrrole nitrogens is 1. The number of amides is 1. The largest absolute Gasteiger partial charge is 0.343 e. The van der Waals surface area contributed by atoms with Crippen molar-refractivity contribution in [2.24, 2.45) is 5.73 Å². The van der Waals surface area contributed by atoms with Crippen molar-refractivity contribution in [1.29, 1.82) is 0 Å². The lowest BCUT2D eigenvalue weighted by Crippen LogP contribution is -2.41. The van der Waals surface area contributed by atoms with Gasteiger partial charge in [0, 0.05) is 25.6 Å². The number of benzene rings is 2. The van der Waals surface area contributed by atoms with Crippen LogP contribution < -0.4 is 11.4 Å². The zero-order valence-electron chi connectivity index (χ0n) is 14.8. The molecule has 7 nitrogen and oxygen atoms in total. The second kappa shape index (κ2) is 7.20. The Morgan fingerprint density at radius 3 is 2.52 bits per heavy atom. The van der Waals surface area contributed by atoms with E-state index in [4.69, 9.17) is 5.73 Å². The van der Waals surface area contributed by atoms with Crippen molar-refractivity contribution in [2.45, 2.75) is 25.6 Å². The van der Waals surface area contributed by atoms with Gasteiger partial charge in [0.2, 0.25) is 5.91 Å².